The van der Waals surface area contributed by atoms with E-state index in [-0.39, 0.29) is 6.04 Å². The third kappa shape index (κ3) is 4.23. The fourth-order valence-electron chi connectivity index (χ4n) is 2.27. The maximum atomic E-state index is 12.3. The minimum absolute atomic E-state index is 0.0129. The van der Waals surface area contributed by atoms with Crippen molar-refractivity contribution in [1.82, 2.24) is 9.62 Å². The molecule has 1 aliphatic rings. The van der Waals surface area contributed by atoms with E-state index in [2.05, 4.69) is 30.5 Å². The van der Waals surface area contributed by atoms with E-state index >= 15 is 0 Å². The molecule has 0 radical (unpaired) electrons. The molecule has 0 aromatic carbocycles. The zero-order chi connectivity index (χ0) is 13.5. The Morgan fingerprint density at radius 2 is 2.28 bits per heavy atom. The largest absolute Gasteiger partial charge is 0.367 e. The molecule has 1 aliphatic heterocycles. The zero-order valence-corrected chi connectivity index (χ0v) is 13.0. The standard InChI is InChI=1S/C13H28N2O2S/c1-5-7-11(3)15(4)18-9-8-12(13(18)16)14-10-17-6-2/h11-12,14,18H,5-10H2,1-4H3. The highest BCUT2D eigenvalue weighted by Crippen LogP contribution is 2.40. The van der Waals surface area contributed by atoms with Crippen molar-refractivity contribution >= 4 is 16.2 Å². The number of hydrogen-bond donors (Lipinski definition) is 2. The van der Waals surface area contributed by atoms with E-state index in [0.29, 0.717) is 24.5 Å². The Hall–Kier alpha value is -0.100. The van der Waals surface area contributed by atoms with Crippen LogP contribution in [0.2, 0.25) is 0 Å². The van der Waals surface area contributed by atoms with Gasteiger partial charge in [-0.15, -0.1) is 11.1 Å². The van der Waals surface area contributed by atoms with Gasteiger partial charge in [-0.1, -0.05) is 13.3 Å². The SMILES string of the molecule is CCCC(C)N(C)[SH]1CCC(NCOCC)C1=O. The molecule has 1 fully saturated rings. The summed E-state index contributed by atoms with van der Waals surface area (Å²) in [5, 5.41) is 3.60. The van der Waals surface area contributed by atoms with E-state index in [0.717, 1.165) is 12.2 Å². The molecule has 0 amide bonds. The van der Waals surface area contributed by atoms with Gasteiger partial charge in [0.25, 0.3) is 0 Å². The molecule has 0 bridgehead atoms. The molecular weight excluding hydrogens is 248 g/mol. The lowest BCUT2D eigenvalue weighted by atomic mass is 10.2. The van der Waals surface area contributed by atoms with Gasteiger partial charge in [-0.2, -0.15) is 0 Å². The lowest BCUT2D eigenvalue weighted by molar-refractivity contribution is -0.113. The van der Waals surface area contributed by atoms with E-state index in [1.807, 2.05) is 6.92 Å². The third-order valence-corrected chi connectivity index (χ3v) is 6.20. The minimum Gasteiger partial charge on any atom is -0.367 e. The van der Waals surface area contributed by atoms with Gasteiger partial charge in [-0.3, -0.25) is 14.4 Å². The maximum Gasteiger partial charge on any atom is 0.198 e. The van der Waals surface area contributed by atoms with Crippen molar-refractivity contribution in [3.05, 3.63) is 0 Å². The van der Waals surface area contributed by atoms with E-state index in [1.165, 1.54) is 12.8 Å². The second-order valence-corrected chi connectivity index (χ2v) is 7.17. The summed E-state index contributed by atoms with van der Waals surface area (Å²) >= 11 is -0.602. The molecule has 4 nitrogen and oxygen atoms in total. The van der Waals surface area contributed by atoms with Crippen LogP contribution in [0.3, 0.4) is 0 Å². The Labute approximate surface area is 114 Å². The molecule has 0 aromatic rings. The number of carbonyl (C=O) groups excluding carboxylic acids is 1. The van der Waals surface area contributed by atoms with Crippen LogP contribution >= 0.6 is 11.1 Å². The summed E-state index contributed by atoms with van der Waals surface area (Å²) in [6, 6.07) is 0.523. The maximum absolute atomic E-state index is 12.3. The molecule has 3 unspecified atom stereocenters. The zero-order valence-electron chi connectivity index (χ0n) is 12.1. The normalized spacial score (nSPS) is 27.9. The Morgan fingerprint density at radius 3 is 2.89 bits per heavy atom. The summed E-state index contributed by atoms with van der Waals surface area (Å²) in [5.74, 6) is 1.03. The van der Waals surface area contributed by atoms with Crippen molar-refractivity contribution in [2.75, 3.05) is 26.1 Å². The van der Waals surface area contributed by atoms with E-state index < -0.39 is 11.1 Å². The summed E-state index contributed by atoms with van der Waals surface area (Å²) in [6.07, 6.45) is 3.30. The Kier molecular flexibility index (Phi) is 7.22. The summed E-state index contributed by atoms with van der Waals surface area (Å²) in [6.45, 7) is 7.56. The van der Waals surface area contributed by atoms with Gasteiger partial charge in [0.1, 0.15) is 0 Å². The Morgan fingerprint density at radius 1 is 1.56 bits per heavy atom. The lowest BCUT2D eigenvalue weighted by Gasteiger charge is -2.32. The molecule has 0 saturated carbocycles. The van der Waals surface area contributed by atoms with Crippen molar-refractivity contribution in [2.24, 2.45) is 0 Å². The summed E-state index contributed by atoms with van der Waals surface area (Å²) in [4.78, 5) is 12.3. The number of carbonyl (C=O) groups is 1. The van der Waals surface area contributed by atoms with Crippen molar-refractivity contribution in [1.29, 1.82) is 0 Å². The molecule has 18 heavy (non-hydrogen) atoms. The van der Waals surface area contributed by atoms with Crippen LogP contribution in [-0.4, -0.2) is 47.6 Å². The second-order valence-electron chi connectivity index (χ2n) is 4.86. The molecule has 1 saturated heterocycles. The molecule has 0 aliphatic carbocycles. The van der Waals surface area contributed by atoms with Crippen LogP contribution in [0.5, 0.6) is 0 Å². The van der Waals surface area contributed by atoms with Crippen molar-refractivity contribution in [3.63, 3.8) is 0 Å². The second kappa shape index (κ2) is 8.15. The molecule has 1 N–H and O–H groups in total. The first kappa shape index (κ1) is 16.0. The highest BCUT2D eigenvalue weighted by Gasteiger charge is 2.34. The number of nitrogens with one attached hydrogen (secondary N) is 1. The van der Waals surface area contributed by atoms with Gasteiger partial charge in [0.2, 0.25) is 0 Å². The predicted octanol–water partition coefficient (Wildman–Crippen LogP) is 1.91. The fraction of sp³-hybridized carbons (Fsp3) is 0.923. The van der Waals surface area contributed by atoms with Crippen LogP contribution < -0.4 is 5.32 Å². The van der Waals surface area contributed by atoms with Gasteiger partial charge in [-0.05, 0) is 39.5 Å². The molecule has 5 heteroatoms. The molecule has 1 rings (SSSR count). The number of nitrogens with zero attached hydrogens (tertiary/aromatic N) is 1. The van der Waals surface area contributed by atoms with E-state index in [9.17, 15) is 4.79 Å². The fourth-order valence-corrected chi connectivity index (χ4v) is 4.79. The van der Waals surface area contributed by atoms with Crippen LogP contribution in [-0.2, 0) is 9.53 Å². The summed E-state index contributed by atoms with van der Waals surface area (Å²) in [7, 11) is 2.11. The molecule has 3 atom stereocenters. The molecule has 1 heterocycles. The number of rotatable bonds is 8. The first-order valence-corrected chi connectivity index (χ1v) is 8.45. The molecule has 0 spiro atoms. The Balaban J connectivity index is 2.43. The number of hydrogen-bond acceptors (Lipinski definition) is 4. The average molecular weight is 276 g/mol. The van der Waals surface area contributed by atoms with Crippen LogP contribution in [0.1, 0.15) is 40.0 Å². The van der Waals surface area contributed by atoms with Crippen molar-refractivity contribution in [2.45, 2.75) is 52.1 Å². The minimum atomic E-state index is -0.602. The first-order valence-electron chi connectivity index (χ1n) is 6.97. The van der Waals surface area contributed by atoms with Crippen LogP contribution in [0.15, 0.2) is 0 Å². The first-order chi connectivity index (χ1) is 8.61. The summed E-state index contributed by atoms with van der Waals surface area (Å²) < 4.78 is 7.56. The third-order valence-electron chi connectivity index (χ3n) is 3.54. The highest BCUT2D eigenvalue weighted by atomic mass is 32.2. The van der Waals surface area contributed by atoms with Crippen LogP contribution in [0.4, 0.5) is 0 Å². The van der Waals surface area contributed by atoms with Gasteiger partial charge >= 0.3 is 0 Å². The monoisotopic (exact) mass is 276 g/mol. The lowest BCUT2D eigenvalue weighted by Crippen LogP contribution is -2.36. The van der Waals surface area contributed by atoms with Crippen LogP contribution in [0, 0.1) is 0 Å². The highest BCUT2D eigenvalue weighted by molar-refractivity contribution is 8.28. The number of thiol groups is 1. The van der Waals surface area contributed by atoms with Gasteiger partial charge in [0.05, 0.1) is 12.8 Å². The van der Waals surface area contributed by atoms with Gasteiger partial charge in [-0.25, -0.2) is 0 Å². The summed E-state index contributed by atoms with van der Waals surface area (Å²) in [5.41, 5.74) is 0. The molecule has 108 valence electrons. The average Bonchev–Trinajstić information content (AvgIpc) is 2.71. The van der Waals surface area contributed by atoms with E-state index in [1.54, 1.807) is 0 Å². The van der Waals surface area contributed by atoms with Gasteiger partial charge in [0.15, 0.2) is 5.12 Å². The quantitative estimate of drug-likeness (QED) is 0.404. The van der Waals surface area contributed by atoms with E-state index in [4.69, 9.17) is 4.74 Å². The smallest absolute Gasteiger partial charge is 0.198 e. The number of ether oxygens (including phenoxy) is 1. The van der Waals surface area contributed by atoms with Crippen LogP contribution in [0.25, 0.3) is 0 Å². The van der Waals surface area contributed by atoms with Crippen molar-refractivity contribution < 1.29 is 9.53 Å². The Bertz CT molecular complexity index is 263. The topological polar surface area (TPSA) is 41.6 Å². The molecule has 0 aromatic heterocycles. The van der Waals surface area contributed by atoms with Gasteiger partial charge in [0, 0.05) is 12.6 Å². The van der Waals surface area contributed by atoms with Gasteiger partial charge < -0.3 is 4.74 Å². The predicted molar refractivity (Wildman–Crippen MR) is 79.0 cm³/mol. The van der Waals surface area contributed by atoms with Crippen molar-refractivity contribution in [3.8, 4) is 0 Å². The molecular formula is C13H28N2O2S.